The van der Waals surface area contributed by atoms with E-state index in [2.05, 4.69) is 45.1 Å². The minimum Gasteiger partial charge on any atom is -0.351 e. The molecule has 0 fully saturated rings. The van der Waals surface area contributed by atoms with Crippen molar-refractivity contribution >= 4 is 21.8 Å². The van der Waals surface area contributed by atoms with Gasteiger partial charge in [-0.15, -0.1) is 0 Å². The van der Waals surface area contributed by atoms with Crippen LogP contribution in [-0.4, -0.2) is 22.4 Å². The molecule has 1 amide bonds. The number of halogens is 1. The molecule has 2 aromatic rings. The summed E-state index contributed by atoms with van der Waals surface area (Å²) in [6.45, 7) is 4.87. The van der Waals surface area contributed by atoms with E-state index < -0.39 is 0 Å². The van der Waals surface area contributed by atoms with Crippen LogP contribution in [0.2, 0.25) is 0 Å². The largest absolute Gasteiger partial charge is 0.351 e. The molecule has 2 heterocycles. The number of carbonyl (C=O) groups excluding carboxylic acids is 1. The molecule has 0 radical (unpaired) electrons. The van der Waals surface area contributed by atoms with Crippen molar-refractivity contribution in [2.24, 2.45) is 5.92 Å². The molecule has 2 aromatic heterocycles. The van der Waals surface area contributed by atoms with Crippen molar-refractivity contribution in [1.82, 2.24) is 15.3 Å². The standard InChI is InChI=1S/C16H18BrN3O/c1-11(2)14(12-4-3-6-18-8-12)9-20-16(21)13-5-7-19-10-15(13)17/h3-8,10-11,14H,9H2,1-2H3,(H,20,21)/t14-/m0/s1. The Morgan fingerprint density at radius 3 is 2.62 bits per heavy atom. The van der Waals surface area contributed by atoms with Crippen LogP contribution in [-0.2, 0) is 0 Å². The van der Waals surface area contributed by atoms with Crippen molar-refractivity contribution in [1.29, 1.82) is 0 Å². The summed E-state index contributed by atoms with van der Waals surface area (Å²) < 4.78 is 0.699. The first-order chi connectivity index (χ1) is 10.1. The summed E-state index contributed by atoms with van der Waals surface area (Å²) in [6, 6.07) is 5.67. The molecule has 0 aliphatic heterocycles. The number of nitrogens with zero attached hydrogens (tertiary/aromatic N) is 2. The lowest BCUT2D eigenvalue weighted by molar-refractivity contribution is 0.0948. The van der Waals surface area contributed by atoms with E-state index in [1.54, 1.807) is 24.7 Å². The van der Waals surface area contributed by atoms with Gasteiger partial charge >= 0.3 is 0 Å². The third kappa shape index (κ3) is 4.11. The maximum absolute atomic E-state index is 12.2. The van der Waals surface area contributed by atoms with Crippen LogP contribution < -0.4 is 5.32 Å². The van der Waals surface area contributed by atoms with Crippen LogP contribution in [0.1, 0.15) is 35.7 Å². The van der Waals surface area contributed by atoms with Crippen LogP contribution in [0.5, 0.6) is 0 Å². The number of amides is 1. The smallest absolute Gasteiger partial charge is 0.252 e. The van der Waals surface area contributed by atoms with Crippen molar-refractivity contribution in [3.05, 3.63) is 58.6 Å². The molecule has 0 saturated heterocycles. The van der Waals surface area contributed by atoms with Gasteiger partial charge in [0.1, 0.15) is 0 Å². The fourth-order valence-electron chi connectivity index (χ4n) is 2.19. The van der Waals surface area contributed by atoms with Gasteiger partial charge in [-0.2, -0.15) is 0 Å². The van der Waals surface area contributed by atoms with Crippen molar-refractivity contribution in [3.63, 3.8) is 0 Å². The van der Waals surface area contributed by atoms with E-state index in [0.29, 0.717) is 22.5 Å². The maximum Gasteiger partial charge on any atom is 0.252 e. The molecule has 1 N–H and O–H groups in total. The average molecular weight is 348 g/mol. The lowest BCUT2D eigenvalue weighted by Crippen LogP contribution is -2.30. The first-order valence-corrected chi connectivity index (χ1v) is 7.66. The van der Waals surface area contributed by atoms with Crippen LogP contribution in [0.15, 0.2) is 47.5 Å². The summed E-state index contributed by atoms with van der Waals surface area (Å²) >= 11 is 3.34. The zero-order valence-corrected chi connectivity index (χ0v) is 13.7. The molecule has 0 spiro atoms. The fourth-order valence-corrected chi connectivity index (χ4v) is 2.62. The predicted molar refractivity (Wildman–Crippen MR) is 86.1 cm³/mol. The number of hydrogen-bond donors (Lipinski definition) is 1. The van der Waals surface area contributed by atoms with Crippen molar-refractivity contribution in [3.8, 4) is 0 Å². The van der Waals surface area contributed by atoms with Gasteiger partial charge in [0.15, 0.2) is 0 Å². The summed E-state index contributed by atoms with van der Waals surface area (Å²) in [5.41, 5.74) is 1.74. The summed E-state index contributed by atoms with van der Waals surface area (Å²) in [6.07, 6.45) is 6.85. The average Bonchev–Trinajstić information content (AvgIpc) is 2.48. The molecule has 0 aliphatic carbocycles. The van der Waals surface area contributed by atoms with Gasteiger partial charge < -0.3 is 5.32 Å². The van der Waals surface area contributed by atoms with Gasteiger partial charge in [-0.25, -0.2) is 0 Å². The molecule has 110 valence electrons. The van der Waals surface area contributed by atoms with Gasteiger partial charge in [-0.1, -0.05) is 19.9 Å². The van der Waals surface area contributed by atoms with Gasteiger partial charge in [-0.3, -0.25) is 14.8 Å². The number of nitrogens with one attached hydrogen (secondary N) is 1. The second-order valence-electron chi connectivity index (χ2n) is 5.20. The van der Waals surface area contributed by atoms with Crippen LogP contribution in [0, 0.1) is 5.92 Å². The van der Waals surface area contributed by atoms with E-state index in [-0.39, 0.29) is 11.8 Å². The quantitative estimate of drug-likeness (QED) is 0.901. The molecule has 5 heteroatoms. The highest BCUT2D eigenvalue weighted by Crippen LogP contribution is 2.23. The second-order valence-corrected chi connectivity index (χ2v) is 6.06. The Kier molecular flexibility index (Phi) is 5.44. The predicted octanol–water partition coefficient (Wildman–Crippen LogP) is 3.41. The number of carbonyl (C=O) groups is 1. The normalized spacial score (nSPS) is 12.2. The maximum atomic E-state index is 12.2. The third-order valence-corrected chi connectivity index (χ3v) is 4.05. The zero-order valence-electron chi connectivity index (χ0n) is 12.1. The summed E-state index contributed by atoms with van der Waals surface area (Å²) in [7, 11) is 0. The first kappa shape index (κ1) is 15.6. The zero-order chi connectivity index (χ0) is 15.2. The molecule has 1 atom stereocenters. The van der Waals surface area contributed by atoms with E-state index in [1.165, 1.54) is 0 Å². The van der Waals surface area contributed by atoms with Crippen molar-refractivity contribution in [2.45, 2.75) is 19.8 Å². The van der Waals surface area contributed by atoms with Gasteiger partial charge in [-0.05, 0) is 39.5 Å². The van der Waals surface area contributed by atoms with Gasteiger partial charge in [0, 0.05) is 41.7 Å². The molecule has 2 rings (SSSR count). The number of hydrogen-bond acceptors (Lipinski definition) is 3. The topological polar surface area (TPSA) is 54.9 Å². The number of pyridine rings is 2. The van der Waals surface area contributed by atoms with Gasteiger partial charge in [0.25, 0.3) is 5.91 Å². The van der Waals surface area contributed by atoms with E-state index in [9.17, 15) is 4.79 Å². The van der Waals surface area contributed by atoms with E-state index >= 15 is 0 Å². The number of aromatic nitrogens is 2. The molecule has 4 nitrogen and oxygen atoms in total. The van der Waals surface area contributed by atoms with E-state index in [4.69, 9.17) is 0 Å². The lowest BCUT2D eigenvalue weighted by atomic mass is 9.89. The molecule has 0 bridgehead atoms. The Morgan fingerprint density at radius 2 is 2.00 bits per heavy atom. The van der Waals surface area contributed by atoms with Crippen LogP contribution >= 0.6 is 15.9 Å². The Balaban J connectivity index is 2.06. The Hall–Kier alpha value is -1.75. The van der Waals surface area contributed by atoms with Crippen molar-refractivity contribution < 1.29 is 4.79 Å². The van der Waals surface area contributed by atoms with Gasteiger partial charge in [0.05, 0.1) is 5.56 Å². The van der Waals surface area contributed by atoms with Crippen LogP contribution in [0.3, 0.4) is 0 Å². The van der Waals surface area contributed by atoms with Crippen molar-refractivity contribution in [2.75, 3.05) is 6.54 Å². The molecule has 0 unspecified atom stereocenters. The summed E-state index contributed by atoms with van der Waals surface area (Å²) in [4.78, 5) is 20.4. The molecule has 0 saturated carbocycles. The van der Waals surface area contributed by atoms with Crippen LogP contribution in [0.25, 0.3) is 0 Å². The fraction of sp³-hybridized carbons (Fsp3) is 0.312. The lowest BCUT2D eigenvalue weighted by Gasteiger charge is -2.21. The summed E-state index contributed by atoms with van der Waals surface area (Å²) in [5.74, 6) is 0.553. The Labute approximate surface area is 133 Å². The minimum atomic E-state index is -0.0983. The SMILES string of the molecule is CC(C)[C@H](CNC(=O)c1ccncc1Br)c1cccnc1. The molecule has 0 aliphatic rings. The summed E-state index contributed by atoms with van der Waals surface area (Å²) in [5, 5.41) is 3.00. The number of rotatable bonds is 5. The Morgan fingerprint density at radius 1 is 1.24 bits per heavy atom. The highest BCUT2D eigenvalue weighted by Gasteiger charge is 2.18. The minimum absolute atomic E-state index is 0.0983. The molecule has 0 aromatic carbocycles. The highest BCUT2D eigenvalue weighted by molar-refractivity contribution is 9.10. The highest BCUT2D eigenvalue weighted by atomic mass is 79.9. The second kappa shape index (κ2) is 7.31. The third-order valence-electron chi connectivity index (χ3n) is 3.42. The van der Waals surface area contributed by atoms with E-state index in [1.807, 2.05) is 18.3 Å². The first-order valence-electron chi connectivity index (χ1n) is 6.87. The molecule has 21 heavy (non-hydrogen) atoms. The van der Waals surface area contributed by atoms with Crippen LogP contribution in [0.4, 0.5) is 0 Å². The van der Waals surface area contributed by atoms with E-state index in [0.717, 1.165) is 5.56 Å². The molecular formula is C16H18BrN3O. The Bertz CT molecular complexity index is 601. The van der Waals surface area contributed by atoms with Gasteiger partial charge in [0.2, 0.25) is 0 Å². The molecular weight excluding hydrogens is 330 g/mol. The monoisotopic (exact) mass is 347 g/mol.